The van der Waals surface area contributed by atoms with Crippen LogP contribution in [0.25, 0.3) is 0 Å². The van der Waals surface area contributed by atoms with Gasteiger partial charge in [0.15, 0.2) is 0 Å². The first-order valence-electron chi connectivity index (χ1n) is 9.22. The van der Waals surface area contributed by atoms with Crippen LogP contribution in [0.2, 0.25) is 5.02 Å². The van der Waals surface area contributed by atoms with Gasteiger partial charge in [0.1, 0.15) is 6.04 Å². The molecule has 0 spiro atoms. The molecule has 1 aliphatic heterocycles. The molecule has 3 aromatic carbocycles. The third kappa shape index (κ3) is 3.77. The SMILES string of the molecule is O=C(O)c1ccc(CN2C(=O)c3ccc(Cl)cc3NC(=O)[C@H]2c2ccccc2)cc1. The van der Waals surface area contributed by atoms with Gasteiger partial charge in [-0.1, -0.05) is 54.1 Å². The molecule has 4 rings (SSSR count). The number of nitrogens with one attached hydrogen (secondary N) is 1. The lowest BCUT2D eigenvalue weighted by Crippen LogP contribution is -2.38. The lowest BCUT2D eigenvalue weighted by molar-refractivity contribution is -0.120. The minimum Gasteiger partial charge on any atom is -0.478 e. The molecule has 30 heavy (non-hydrogen) atoms. The molecule has 2 amide bonds. The van der Waals surface area contributed by atoms with Crippen molar-refractivity contribution in [1.82, 2.24) is 4.90 Å². The number of hydrogen-bond acceptors (Lipinski definition) is 3. The highest BCUT2D eigenvalue weighted by molar-refractivity contribution is 6.31. The summed E-state index contributed by atoms with van der Waals surface area (Å²) in [5, 5.41) is 12.3. The largest absolute Gasteiger partial charge is 0.478 e. The Labute approximate surface area is 177 Å². The first-order valence-corrected chi connectivity index (χ1v) is 9.60. The fourth-order valence-corrected chi connectivity index (χ4v) is 3.67. The van der Waals surface area contributed by atoms with E-state index in [1.54, 1.807) is 42.5 Å². The monoisotopic (exact) mass is 420 g/mol. The standard InChI is InChI=1S/C23H17ClN2O4/c24-17-10-11-18-19(12-17)25-21(27)20(15-4-2-1-3-5-15)26(22(18)28)13-14-6-8-16(9-7-14)23(29)30/h1-12,20H,13H2,(H,25,27)(H,29,30)/t20-/m1/s1. The van der Waals surface area contributed by atoms with Gasteiger partial charge in [0.05, 0.1) is 16.8 Å². The van der Waals surface area contributed by atoms with E-state index in [1.807, 2.05) is 18.2 Å². The summed E-state index contributed by atoms with van der Waals surface area (Å²) in [7, 11) is 0. The van der Waals surface area contributed by atoms with Crippen molar-refractivity contribution in [3.05, 3.63) is 100 Å². The van der Waals surface area contributed by atoms with Gasteiger partial charge in [-0.05, 0) is 41.5 Å². The maximum atomic E-state index is 13.5. The van der Waals surface area contributed by atoms with E-state index in [1.165, 1.54) is 17.0 Å². The fraction of sp³-hybridized carbons (Fsp3) is 0.0870. The predicted octanol–water partition coefficient (Wildman–Crippen LogP) is 4.37. The summed E-state index contributed by atoms with van der Waals surface area (Å²) in [6.45, 7) is 0.133. The molecule has 0 radical (unpaired) electrons. The van der Waals surface area contributed by atoms with Crippen molar-refractivity contribution in [3.63, 3.8) is 0 Å². The highest BCUT2D eigenvalue weighted by atomic mass is 35.5. The Morgan fingerprint density at radius 2 is 1.70 bits per heavy atom. The molecule has 6 nitrogen and oxygen atoms in total. The van der Waals surface area contributed by atoms with Crippen molar-refractivity contribution in [2.45, 2.75) is 12.6 Å². The summed E-state index contributed by atoms with van der Waals surface area (Å²) in [5.74, 6) is -1.70. The van der Waals surface area contributed by atoms with Crippen LogP contribution in [0.4, 0.5) is 5.69 Å². The number of carbonyl (C=O) groups is 3. The van der Waals surface area contributed by atoms with Gasteiger partial charge in [-0.15, -0.1) is 0 Å². The summed E-state index contributed by atoms with van der Waals surface area (Å²) in [4.78, 5) is 39.2. The Hall–Kier alpha value is -3.64. The smallest absolute Gasteiger partial charge is 0.335 e. The Balaban J connectivity index is 1.78. The van der Waals surface area contributed by atoms with Crippen LogP contribution in [0, 0.1) is 0 Å². The van der Waals surface area contributed by atoms with Crippen LogP contribution in [0.1, 0.15) is 37.9 Å². The number of nitrogens with zero attached hydrogens (tertiary/aromatic N) is 1. The number of aromatic carboxylic acids is 1. The Morgan fingerprint density at radius 3 is 2.37 bits per heavy atom. The van der Waals surface area contributed by atoms with Crippen molar-refractivity contribution >= 4 is 35.1 Å². The maximum absolute atomic E-state index is 13.5. The average molecular weight is 421 g/mol. The Kier molecular flexibility index (Phi) is 5.25. The minimum atomic E-state index is -1.03. The van der Waals surface area contributed by atoms with Crippen LogP contribution in [-0.4, -0.2) is 27.8 Å². The summed E-state index contributed by atoms with van der Waals surface area (Å²) in [6.07, 6.45) is 0. The minimum absolute atomic E-state index is 0.133. The van der Waals surface area contributed by atoms with E-state index in [-0.39, 0.29) is 23.9 Å². The Bertz CT molecular complexity index is 1130. The molecule has 1 aliphatic rings. The van der Waals surface area contributed by atoms with E-state index < -0.39 is 12.0 Å². The van der Waals surface area contributed by atoms with Crippen LogP contribution in [0.3, 0.4) is 0 Å². The maximum Gasteiger partial charge on any atom is 0.335 e. The quantitative estimate of drug-likeness (QED) is 0.656. The zero-order valence-corrected chi connectivity index (χ0v) is 16.5. The van der Waals surface area contributed by atoms with Gasteiger partial charge in [0.25, 0.3) is 11.8 Å². The van der Waals surface area contributed by atoms with E-state index in [2.05, 4.69) is 5.32 Å². The normalized spacial score (nSPS) is 15.9. The molecule has 7 heteroatoms. The lowest BCUT2D eigenvalue weighted by Gasteiger charge is -2.29. The average Bonchev–Trinajstić information content (AvgIpc) is 2.83. The van der Waals surface area contributed by atoms with Crippen molar-refractivity contribution in [2.24, 2.45) is 0 Å². The zero-order valence-electron chi connectivity index (χ0n) is 15.7. The second kappa shape index (κ2) is 8.00. The van der Waals surface area contributed by atoms with Gasteiger partial charge >= 0.3 is 5.97 Å². The number of hydrogen-bond donors (Lipinski definition) is 2. The number of carbonyl (C=O) groups excluding carboxylic acids is 2. The van der Waals surface area contributed by atoms with Gasteiger partial charge in [-0.3, -0.25) is 9.59 Å². The van der Waals surface area contributed by atoms with E-state index >= 15 is 0 Å². The van der Waals surface area contributed by atoms with E-state index in [9.17, 15) is 14.4 Å². The number of rotatable bonds is 4. The van der Waals surface area contributed by atoms with Crippen molar-refractivity contribution in [1.29, 1.82) is 0 Å². The van der Waals surface area contributed by atoms with Crippen LogP contribution >= 0.6 is 11.6 Å². The number of carboxylic acid groups (broad SMARTS) is 1. The Morgan fingerprint density at radius 1 is 1.00 bits per heavy atom. The summed E-state index contributed by atoms with van der Waals surface area (Å²) >= 11 is 6.06. The second-order valence-electron chi connectivity index (χ2n) is 6.93. The first kappa shape index (κ1) is 19.7. The van der Waals surface area contributed by atoms with Crippen LogP contribution in [0.15, 0.2) is 72.8 Å². The molecule has 150 valence electrons. The number of amides is 2. The summed E-state index contributed by atoms with van der Waals surface area (Å²) in [5.41, 5.74) is 2.23. The third-order valence-corrected chi connectivity index (χ3v) is 5.19. The molecule has 3 aromatic rings. The van der Waals surface area contributed by atoms with Gasteiger partial charge in [-0.2, -0.15) is 0 Å². The van der Waals surface area contributed by atoms with E-state index in [0.717, 1.165) is 0 Å². The van der Waals surface area contributed by atoms with Crippen LogP contribution < -0.4 is 5.32 Å². The zero-order chi connectivity index (χ0) is 21.3. The van der Waals surface area contributed by atoms with Crippen molar-refractivity contribution < 1.29 is 19.5 Å². The molecular formula is C23H17ClN2O4. The number of carboxylic acids is 1. The third-order valence-electron chi connectivity index (χ3n) is 4.96. The molecule has 0 aliphatic carbocycles. The van der Waals surface area contributed by atoms with Gasteiger partial charge < -0.3 is 15.3 Å². The fourth-order valence-electron chi connectivity index (χ4n) is 3.50. The predicted molar refractivity (Wildman–Crippen MR) is 113 cm³/mol. The highest BCUT2D eigenvalue weighted by Crippen LogP contribution is 2.33. The van der Waals surface area contributed by atoms with Crippen molar-refractivity contribution in [2.75, 3.05) is 5.32 Å². The molecule has 0 unspecified atom stereocenters. The molecule has 1 atom stereocenters. The van der Waals surface area contributed by atoms with Gasteiger partial charge in [0, 0.05) is 11.6 Å². The highest BCUT2D eigenvalue weighted by Gasteiger charge is 2.36. The van der Waals surface area contributed by atoms with Crippen LogP contribution in [-0.2, 0) is 11.3 Å². The number of fused-ring (bicyclic) bond motifs is 1. The van der Waals surface area contributed by atoms with Gasteiger partial charge in [-0.25, -0.2) is 4.79 Å². The molecule has 0 saturated carbocycles. The summed E-state index contributed by atoms with van der Waals surface area (Å²) < 4.78 is 0. The van der Waals surface area contributed by atoms with E-state index in [0.29, 0.717) is 27.4 Å². The first-order chi connectivity index (χ1) is 14.4. The molecule has 0 saturated heterocycles. The second-order valence-corrected chi connectivity index (χ2v) is 7.36. The molecule has 1 heterocycles. The lowest BCUT2D eigenvalue weighted by atomic mass is 10.0. The van der Waals surface area contributed by atoms with Crippen molar-refractivity contribution in [3.8, 4) is 0 Å². The molecule has 2 N–H and O–H groups in total. The van der Waals surface area contributed by atoms with E-state index in [4.69, 9.17) is 16.7 Å². The molecular weight excluding hydrogens is 404 g/mol. The molecule has 0 aromatic heterocycles. The van der Waals surface area contributed by atoms with Crippen LogP contribution in [0.5, 0.6) is 0 Å². The number of benzene rings is 3. The topological polar surface area (TPSA) is 86.7 Å². The molecule has 0 bridgehead atoms. The number of halogens is 1. The summed E-state index contributed by atoms with van der Waals surface area (Å²) in [6, 6.07) is 19.2. The number of anilines is 1. The molecule has 0 fully saturated rings. The van der Waals surface area contributed by atoms with Gasteiger partial charge in [0.2, 0.25) is 0 Å².